The van der Waals surface area contributed by atoms with E-state index in [2.05, 4.69) is 18.6 Å². The van der Waals surface area contributed by atoms with Crippen molar-refractivity contribution in [2.24, 2.45) is 23.2 Å². The number of carbonyl (C=O) groups is 1. The Labute approximate surface area is 139 Å². The van der Waals surface area contributed by atoms with Gasteiger partial charge < -0.3 is 4.74 Å². The van der Waals surface area contributed by atoms with Crippen LogP contribution in [-0.4, -0.2) is 5.97 Å². The van der Waals surface area contributed by atoms with Crippen LogP contribution in [0.15, 0.2) is 24.3 Å². The molecule has 0 aromatic heterocycles. The second-order valence-electron chi connectivity index (χ2n) is 9.10. The molecule has 4 bridgehead atoms. The quantitative estimate of drug-likeness (QED) is 0.572. The lowest BCUT2D eigenvalue weighted by Gasteiger charge is -2.57. The van der Waals surface area contributed by atoms with Gasteiger partial charge in [0.05, 0.1) is 5.41 Å². The molecular weight excluding hydrogens is 284 g/mol. The van der Waals surface area contributed by atoms with Gasteiger partial charge in [-0.3, -0.25) is 4.79 Å². The van der Waals surface area contributed by atoms with Crippen molar-refractivity contribution < 1.29 is 9.53 Å². The van der Waals surface area contributed by atoms with Crippen LogP contribution in [0.2, 0.25) is 0 Å². The summed E-state index contributed by atoms with van der Waals surface area (Å²) in [7, 11) is 0. The van der Waals surface area contributed by atoms with Crippen molar-refractivity contribution >= 4 is 5.97 Å². The van der Waals surface area contributed by atoms with E-state index in [1.165, 1.54) is 37.7 Å². The summed E-state index contributed by atoms with van der Waals surface area (Å²) in [6, 6.07) is 8.31. The molecule has 4 fully saturated rings. The Kier molecular flexibility index (Phi) is 3.37. The van der Waals surface area contributed by atoms with E-state index in [9.17, 15) is 4.79 Å². The maximum absolute atomic E-state index is 12.2. The average Bonchev–Trinajstić information content (AvgIpc) is 2.45. The largest absolute Gasteiger partial charge is 0.426 e. The zero-order chi connectivity index (χ0) is 16.2. The van der Waals surface area contributed by atoms with Crippen LogP contribution in [0.25, 0.3) is 0 Å². The maximum atomic E-state index is 12.2. The van der Waals surface area contributed by atoms with Crippen LogP contribution in [-0.2, 0) is 10.2 Å². The van der Waals surface area contributed by atoms with Gasteiger partial charge in [-0.05, 0) is 100 Å². The molecule has 2 atom stereocenters. The Morgan fingerprint density at radius 3 is 2.43 bits per heavy atom. The van der Waals surface area contributed by atoms with Gasteiger partial charge in [0.15, 0.2) is 0 Å². The van der Waals surface area contributed by atoms with E-state index in [4.69, 9.17) is 4.74 Å². The molecule has 1 aromatic rings. The molecule has 0 N–H and O–H groups in total. The highest BCUT2D eigenvalue weighted by Gasteiger charge is 2.51. The van der Waals surface area contributed by atoms with Crippen LogP contribution >= 0.6 is 0 Å². The van der Waals surface area contributed by atoms with Gasteiger partial charge in [0.1, 0.15) is 5.75 Å². The van der Waals surface area contributed by atoms with Crippen molar-refractivity contribution in [3.05, 3.63) is 36.2 Å². The number of esters is 1. The summed E-state index contributed by atoms with van der Waals surface area (Å²) in [5, 5.41) is 0. The van der Waals surface area contributed by atoms with Crippen molar-refractivity contribution in [2.45, 2.75) is 58.3 Å². The standard InChI is InChI=1S/C21H27O2/c1-20(2,3)19(22)23-18-6-4-5-17(10-18)21-11-14-7-15(12-21)9-16(8-14)13-21/h4-6,10-11,14-16H,7-9,12-13H2,1-3H3. The molecule has 0 saturated heterocycles. The molecule has 123 valence electrons. The first-order valence-electron chi connectivity index (χ1n) is 9.03. The van der Waals surface area contributed by atoms with E-state index in [-0.39, 0.29) is 11.4 Å². The Balaban J connectivity index is 1.60. The fourth-order valence-corrected chi connectivity index (χ4v) is 5.25. The van der Waals surface area contributed by atoms with Gasteiger partial charge in [-0.2, -0.15) is 0 Å². The number of carbonyl (C=O) groups excluding carboxylic acids is 1. The number of rotatable bonds is 2. The normalized spacial score (nSPS) is 35.3. The van der Waals surface area contributed by atoms with E-state index >= 15 is 0 Å². The molecule has 4 aliphatic rings. The molecule has 1 aromatic carbocycles. The van der Waals surface area contributed by atoms with E-state index < -0.39 is 5.41 Å². The highest BCUT2D eigenvalue weighted by molar-refractivity contribution is 5.77. The summed E-state index contributed by atoms with van der Waals surface area (Å²) in [5.41, 5.74) is 1.12. The first-order valence-corrected chi connectivity index (χ1v) is 9.03. The Bertz CT molecular complexity index is 588. The van der Waals surface area contributed by atoms with Crippen LogP contribution in [0.1, 0.15) is 58.4 Å². The molecule has 0 heterocycles. The predicted octanol–water partition coefficient (Wildman–Crippen LogP) is 4.92. The molecule has 2 nitrogen and oxygen atoms in total. The molecule has 0 spiro atoms. The SMILES string of the molecule is CC(C)(C)C(=O)Oc1cccc(C23[CH]C4CC(CC(C4)C2)C3)c1. The summed E-state index contributed by atoms with van der Waals surface area (Å²) in [6.07, 6.45) is 9.44. The lowest BCUT2D eigenvalue weighted by molar-refractivity contribution is -0.143. The van der Waals surface area contributed by atoms with E-state index in [1.54, 1.807) is 0 Å². The van der Waals surface area contributed by atoms with E-state index in [0.717, 1.165) is 17.8 Å². The third-order valence-electron chi connectivity index (χ3n) is 6.03. The summed E-state index contributed by atoms with van der Waals surface area (Å²) in [6.45, 7) is 5.68. The Morgan fingerprint density at radius 2 is 1.83 bits per heavy atom. The lowest BCUT2D eigenvalue weighted by atomic mass is 9.48. The monoisotopic (exact) mass is 311 g/mol. The minimum atomic E-state index is -0.469. The second-order valence-corrected chi connectivity index (χ2v) is 9.10. The number of hydrogen-bond donors (Lipinski definition) is 0. The molecule has 23 heavy (non-hydrogen) atoms. The Hall–Kier alpha value is -1.31. The zero-order valence-corrected chi connectivity index (χ0v) is 14.5. The average molecular weight is 311 g/mol. The fourth-order valence-electron chi connectivity index (χ4n) is 5.25. The summed E-state index contributed by atoms with van der Waals surface area (Å²) in [5.74, 6) is 3.15. The third-order valence-corrected chi connectivity index (χ3v) is 6.03. The van der Waals surface area contributed by atoms with Gasteiger partial charge in [-0.1, -0.05) is 12.1 Å². The van der Waals surface area contributed by atoms with E-state index in [1.807, 2.05) is 32.9 Å². The lowest BCUT2D eigenvalue weighted by Crippen LogP contribution is -2.49. The van der Waals surface area contributed by atoms with Crippen LogP contribution < -0.4 is 4.74 Å². The molecule has 2 unspecified atom stereocenters. The van der Waals surface area contributed by atoms with E-state index in [0.29, 0.717) is 5.75 Å². The van der Waals surface area contributed by atoms with Gasteiger partial charge in [-0.15, -0.1) is 0 Å². The smallest absolute Gasteiger partial charge is 0.316 e. The van der Waals surface area contributed by atoms with Crippen molar-refractivity contribution in [2.75, 3.05) is 0 Å². The zero-order valence-electron chi connectivity index (χ0n) is 14.5. The highest BCUT2D eigenvalue weighted by atomic mass is 16.5. The topological polar surface area (TPSA) is 26.3 Å². The van der Waals surface area contributed by atoms with Crippen LogP contribution in [0, 0.1) is 29.6 Å². The number of benzene rings is 1. The van der Waals surface area contributed by atoms with Crippen LogP contribution in [0.5, 0.6) is 5.75 Å². The van der Waals surface area contributed by atoms with Crippen molar-refractivity contribution in [3.63, 3.8) is 0 Å². The first-order chi connectivity index (χ1) is 10.8. The Morgan fingerprint density at radius 1 is 1.13 bits per heavy atom. The second kappa shape index (κ2) is 5.09. The van der Waals surface area contributed by atoms with Crippen molar-refractivity contribution in [1.82, 2.24) is 0 Å². The van der Waals surface area contributed by atoms with Crippen LogP contribution in [0.3, 0.4) is 0 Å². The number of ether oxygens (including phenoxy) is 1. The minimum Gasteiger partial charge on any atom is -0.426 e. The maximum Gasteiger partial charge on any atom is 0.316 e. The van der Waals surface area contributed by atoms with Crippen LogP contribution in [0.4, 0.5) is 0 Å². The van der Waals surface area contributed by atoms with Crippen molar-refractivity contribution in [3.8, 4) is 5.75 Å². The molecule has 4 aliphatic carbocycles. The molecule has 2 heteroatoms. The fraction of sp³-hybridized carbons (Fsp3) is 0.619. The summed E-state index contributed by atoms with van der Waals surface area (Å²) < 4.78 is 5.63. The molecule has 0 amide bonds. The molecule has 0 aliphatic heterocycles. The molecule has 1 radical (unpaired) electrons. The summed E-state index contributed by atoms with van der Waals surface area (Å²) >= 11 is 0. The van der Waals surface area contributed by atoms with Gasteiger partial charge >= 0.3 is 5.97 Å². The van der Waals surface area contributed by atoms with Gasteiger partial charge in [0, 0.05) is 0 Å². The molecule has 4 saturated carbocycles. The van der Waals surface area contributed by atoms with Gasteiger partial charge in [0.25, 0.3) is 0 Å². The van der Waals surface area contributed by atoms with Gasteiger partial charge in [-0.25, -0.2) is 0 Å². The third kappa shape index (κ3) is 2.70. The molecule has 5 rings (SSSR count). The highest BCUT2D eigenvalue weighted by Crippen LogP contribution is 2.60. The van der Waals surface area contributed by atoms with Gasteiger partial charge in [0.2, 0.25) is 0 Å². The number of hydrogen-bond acceptors (Lipinski definition) is 2. The summed E-state index contributed by atoms with van der Waals surface area (Å²) in [4.78, 5) is 12.2. The van der Waals surface area contributed by atoms with Crippen molar-refractivity contribution in [1.29, 1.82) is 0 Å². The molecular formula is C21H27O2. The minimum absolute atomic E-state index is 0.163. The predicted molar refractivity (Wildman–Crippen MR) is 91.1 cm³/mol. The first kappa shape index (κ1) is 15.2.